The Balaban J connectivity index is 1.53. The van der Waals surface area contributed by atoms with Crippen LogP contribution >= 0.6 is 0 Å². The molecule has 6 heteroatoms. The lowest BCUT2D eigenvalue weighted by Crippen LogP contribution is -2.39. The van der Waals surface area contributed by atoms with Crippen molar-refractivity contribution in [3.8, 4) is 5.75 Å². The number of anilines is 1. The largest absolute Gasteiger partial charge is 0.502 e. The summed E-state index contributed by atoms with van der Waals surface area (Å²) in [7, 11) is 0. The van der Waals surface area contributed by atoms with Crippen LogP contribution in [0.1, 0.15) is 25.5 Å². The monoisotopic (exact) mass is 343 g/mol. The van der Waals surface area contributed by atoms with E-state index >= 15 is 0 Å². The highest BCUT2D eigenvalue weighted by Gasteiger charge is 2.22. The van der Waals surface area contributed by atoms with Crippen LogP contribution in [0, 0.1) is 5.92 Å². The van der Waals surface area contributed by atoms with E-state index in [0.29, 0.717) is 18.2 Å². The summed E-state index contributed by atoms with van der Waals surface area (Å²) in [6.07, 6.45) is 5.22. The Labute approximate surface area is 147 Å². The third kappa shape index (κ3) is 4.60. The van der Waals surface area contributed by atoms with E-state index in [1.54, 1.807) is 0 Å². The number of piperidine rings is 1. The van der Waals surface area contributed by atoms with Gasteiger partial charge in [-0.2, -0.15) is 0 Å². The lowest BCUT2D eigenvalue weighted by Gasteiger charge is -2.35. The van der Waals surface area contributed by atoms with Crippen molar-refractivity contribution >= 4 is 5.82 Å². The maximum atomic E-state index is 11.5. The van der Waals surface area contributed by atoms with Gasteiger partial charge >= 0.3 is 0 Å². The average molecular weight is 343 g/mol. The van der Waals surface area contributed by atoms with E-state index in [1.807, 2.05) is 18.3 Å². The van der Waals surface area contributed by atoms with Crippen LogP contribution in [0.5, 0.6) is 5.75 Å². The zero-order valence-electron chi connectivity index (χ0n) is 14.6. The molecule has 134 valence electrons. The molecule has 1 N–H and O–H groups in total. The second-order valence-electron chi connectivity index (χ2n) is 6.54. The van der Waals surface area contributed by atoms with Gasteiger partial charge in [0.1, 0.15) is 17.8 Å². The lowest BCUT2D eigenvalue weighted by atomic mass is 9.96. The van der Waals surface area contributed by atoms with E-state index in [0.717, 1.165) is 51.1 Å². The number of hydrogen-bond donors (Lipinski definition) is 1. The van der Waals surface area contributed by atoms with Crippen molar-refractivity contribution in [1.29, 1.82) is 0 Å². The molecule has 0 aromatic carbocycles. The van der Waals surface area contributed by atoms with Crippen LogP contribution in [-0.4, -0.2) is 41.2 Å². The van der Waals surface area contributed by atoms with Crippen LogP contribution in [0.15, 0.2) is 45.9 Å². The molecule has 0 atom stereocenters. The molecule has 1 saturated heterocycles. The Morgan fingerprint density at radius 2 is 2.16 bits per heavy atom. The molecule has 2 aromatic rings. The molecule has 25 heavy (non-hydrogen) atoms. The minimum Gasteiger partial charge on any atom is -0.502 e. The van der Waals surface area contributed by atoms with Crippen LogP contribution in [-0.2, 0) is 6.54 Å². The van der Waals surface area contributed by atoms with Crippen LogP contribution in [0.25, 0.3) is 0 Å². The minimum absolute atomic E-state index is 0.339. The van der Waals surface area contributed by atoms with Crippen molar-refractivity contribution in [1.82, 2.24) is 9.88 Å². The van der Waals surface area contributed by atoms with Gasteiger partial charge in [0.15, 0.2) is 5.75 Å². The second-order valence-corrected chi connectivity index (χ2v) is 6.54. The van der Waals surface area contributed by atoms with E-state index in [-0.39, 0.29) is 11.2 Å². The Morgan fingerprint density at radius 3 is 2.80 bits per heavy atom. The molecule has 0 saturated carbocycles. The maximum absolute atomic E-state index is 11.5. The first-order valence-electron chi connectivity index (χ1n) is 8.84. The molecular formula is C19H25N3O3. The number of hydrogen-bond acceptors (Lipinski definition) is 6. The van der Waals surface area contributed by atoms with Gasteiger partial charge in [-0.05, 0) is 37.4 Å². The number of aromatic hydroxyl groups is 1. The third-order valence-electron chi connectivity index (χ3n) is 4.80. The fourth-order valence-corrected chi connectivity index (χ4v) is 3.30. The second kappa shape index (κ2) is 8.16. The predicted octanol–water partition coefficient (Wildman–Crippen LogP) is 2.48. The SMILES string of the molecule is CCN(Cc1cc(=O)c(O)co1)CC1CCN(c2ccccn2)CC1. The third-order valence-corrected chi connectivity index (χ3v) is 4.80. The highest BCUT2D eigenvalue weighted by atomic mass is 16.4. The summed E-state index contributed by atoms with van der Waals surface area (Å²) in [6.45, 7) is 6.62. The molecule has 3 heterocycles. The fraction of sp³-hybridized carbons (Fsp3) is 0.474. The van der Waals surface area contributed by atoms with Crippen molar-refractivity contribution in [2.24, 2.45) is 5.92 Å². The van der Waals surface area contributed by atoms with Crippen molar-refractivity contribution in [3.63, 3.8) is 0 Å². The number of nitrogens with zero attached hydrogens (tertiary/aromatic N) is 3. The number of pyridine rings is 1. The van der Waals surface area contributed by atoms with E-state index < -0.39 is 0 Å². The molecule has 1 aliphatic heterocycles. The standard InChI is InChI=1S/C19H25N3O3/c1-2-21(13-16-11-17(23)18(24)14-25-16)12-15-6-9-22(10-7-15)19-5-3-4-8-20-19/h3-5,8,11,14-15,24H,2,6-7,9-10,12-13H2,1H3. The topological polar surface area (TPSA) is 69.8 Å². The van der Waals surface area contributed by atoms with Gasteiger partial charge in [-0.15, -0.1) is 0 Å². The first kappa shape index (κ1) is 17.5. The van der Waals surface area contributed by atoms with Gasteiger partial charge in [0, 0.05) is 31.9 Å². The Bertz CT molecular complexity index is 724. The first-order chi connectivity index (χ1) is 12.2. The predicted molar refractivity (Wildman–Crippen MR) is 96.8 cm³/mol. The number of rotatable bonds is 6. The van der Waals surface area contributed by atoms with Crippen molar-refractivity contribution < 1.29 is 9.52 Å². The fourth-order valence-electron chi connectivity index (χ4n) is 3.30. The van der Waals surface area contributed by atoms with Crippen LogP contribution in [0.3, 0.4) is 0 Å². The maximum Gasteiger partial charge on any atom is 0.226 e. The highest BCUT2D eigenvalue weighted by Crippen LogP contribution is 2.22. The Hall–Kier alpha value is -2.34. The van der Waals surface area contributed by atoms with E-state index in [9.17, 15) is 9.90 Å². The molecule has 6 nitrogen and oxygen atoms in total. The van der Waals surface area contributed by atoms with Gasteiger partial charge in [0.25, 0.3) is 0 Å². The van der Waals surface area contributed by atoms with Crippen molar-refractivity contribution in [3.05, 3.63) is 52.7 Å². The van der Waals surface area contributed by atoms with E-state index in [1.165, 1.54) is 6.07 Å². The molecule has 1 aliphatic rings. The normalized spacial score (nSPS) is 15.7. The lowest BCUT2D eigenvalue weighted by molar-refractivity contribution is 0.197. The summed E-state index contributed by atoms with van der Waals surface area (Å²) in [5, 5.41) is 9.29. The summed E-state index contributed by atoms with van der Waals surface area (Å²) in [4.78, 5) is 20.6. The molecule has 2 aromatic heterocycles. The summed E-state index contributed by atoms with van der Waals surface area (Å²) in [5.74, 6) is 1.94. The van der Waals surface area contributed by atoms with Gasteiger partial charge in [-0.3, -0.25) is 9.69 Å². The Morgan fingerprint density at radius 1 is 1.36 bits per heavy atom. The van der Waals surface area contributed by atoms with Gasteiger partial charge in [0.05, 0.1) is 6.54 Å². The molecular weight excluding hydrogens is 318 g/mol. The smallest absolute Gasteiger partial charge is 0.226 e. The highest BCUT2D eigenvalue weighted by molar-refractivity contribution is 5.37. The van der Waals surface area contributed by atoms with Crippen LogP contribution in [0.2, 0.25) is 0 Å². The van der Waals surface area contributed by atoms with Gasteiger partial charge < -0.3 is 14.4 Å². The van der Waals surface area contributed by atoms with Crippen molar-refractivity contribution in [2.75, 3.05) is 31.1 Å². The van der Waals surface area contributed by atoms with Crippen LogP contribution in [0.4, 0.5) is 5.82 Å². The molecule has 0 radical (unpaired) electrons. The van der Waals surface area contributed by atoms with Crippen LogP contribution < -0.4 is 10.3 Å². The summed E-state index contributed by atoms with van der Waals surface area (Å²) in [5.41, 5.74) is -0.388. The number of aromatic nitrogens is 1. The van der Waals surface area contributed by atoms with Gasteiger partial charge in [-0.1, -0.05) is 13.0 Å². The summed E-state index contributed by atoms with van der Waals surface area (Å²) in [6, 6.07) is 7.41. The molecule has 3 rings (SSSR count). The van der Waals surface area contributed by atoms with Crippen molar-refractivity contribution in [2.45, 2.75) is 26.3 Å². The van der Waals surface area contributed by atoms with E-state index in [4.69, 9.17) is 4.42 Å². The van der Waals surface area contributed by atoms with E-state index in [2.05, 4.69) is 27.8 Å². The molecule has 1 fully saturated rings. The molecule has 0 bridgehead atoms. The van der Waals surface area contributed by atoms with Gasteiger partial charge in [-0.25, -0.2) is 4.98 Å². The summed E-state index contributed by atoms with van der Waals surface area (Å²) >= 11 is 0. The molecule has 0 amide bonds. The zero-order valence-corrected chi connectivity index (χ0v) is 14.6. The molecule has 0 spiro atoms. The first-order valence-corrected chi connectivity index (χ1v) is 8.84. The Kier molecular flexibility index (Phi) is 5.71. The van der Waals surface area contributed by atoms with Gasteiger partial charge in [0.2, 0.25) is 5.43 Å². The molecule has 0 aliphatic carbocycles. The average Bonchev–Trinajstić information content (AvgIpc) is 2.65. The zero-order chi connectivity index (χ0) is 17.6. The minimum atomic E-state index is -0.388. The summed E-state index contributed by atoms with van der Waals surface area (Å²) < 4.78 is 5.33. The molecule has 0 unspecified atom stereocenters. The quantitative estimate of drug-likeness (QED) is 0.869.